The number of nitrogens with zero attached hydrogens (tertiary/aromatic N) is 1. The van der Waals surface area contributed by atoms with Crippen LogP contribution >= 0.6 is 24.0 Å². The molecule has 0 bridgehead atoms. The molecule has 27 heavy (non-hydrogen) atoms. The van der Waals surface area contributed by atoms with E-state index in [0.29, 0.717) is 12.5 Å². The van der Waals surface area contributed by atoms with Crippen LogP contribution in [0.1, 0.15) is 38.3 Å². The summed E-state index contributed by atoms with van der Waals surface area (Å²) in [7, 11) is 3.48. The van der Waals surface area contributed by atoms with Crippen LogP contribution in [0.15, 0.2) is 17.1 Å². The Morgan fingerprint density at radius 1 is 1.33 bits per heavy atom. The second kappa shape index (κ2) is 12.3. The summed E-state index contributed by atoms with van der Waals surface area (Å²) in [6.07, 6.45) is 2.10. The molecule has 0 spiro atoms. The van der Waals surface area contributed by atoms with Crippen LogP contribution in [-0.2, 0) is 17.7 Å². The average Bonchev–Trinajstić information content (AvgIpc) is 2.98. The zero-order chi connectivity index (χ0) is 18.9. The van der Waals surface area contributed by atoms with Crippen molar-refractivity contribution in [2.75, 3.05) is 33.9 Å². The molecule has 2 N–H and O–H groups in total. The van der Waals surface area contributed by atoms with Crippen molar-refractivity contribution in [3.8, 4) is 11.5 Å². The molecule has 1 aliphatic rings. The Bertz CT molecular complexity index is 608. The maximum atomic E-state index is 5.86. The normalized spacial score (nSPS) is 15.8. The summed E-state index contributed by atoms with van der Waals surface area (Å²) in [4.78, 5) is 4.27. The third kappa shape index (κ3) is 7.73. The van der Waals surface area contributed by atoms with Crippen LogP contribution in [0.3, 0.4) is 0 Å². The van der Waals surface area contributed by atoms with Gasteiger partial charge in [0.15, 0.2) is 5.96 Å². The lowest BCUT2D eigenvalue weighted by Gasteiger charge is -2.15. The minimum atomic E-state index is 0. The molecule has 1 atom stereocenters. The lowest BCUT2D eigenvalue weighted by atomic mass is 10.1. The van der Waals surface area contributed by atoms with E-state index >= 15 is 0 Å². The van der Waals surface area contributed by atoms with Crippen molar-refractivity contribution in [3.05, 3.63) is 23.3 Å². The molecule has 7 heteroatoms. The Balaban J connectivity index is 0.00000364. The Kier molecular flexibility index (Phi) is 10.8. The molecule has 6 nitrogen and oxygen atoms in total. The molecular formula is C20H34IN3O3. The number of hydrogen-bond donors (Lipinski definition) is 2. The number of hydrogen-bond acceptors (Lipinski definition) is 4. The van der Waals surface area contributed by atoms with Crippen molar-refractivity contribution in [2.24, 2.45) is 10.9 Å². The van der Waals surface area contributed by atoms with E-state index < -0.39 is 0 Å². The number of fused-ring (bicyclic) bond motifs is 1. The van der Waals surface area contributed by atoms with Gasteiger partial charge in [0.2, 0.25) is 0 Å². The fourth-order valence-corrected chi connectivity index (χ4v) is 2.91. The van der Waals surface area contributed by atoms with E-state index in [1.54, 1.807) is 14.2 Å². The molecule has 1 unspecified atom stereocenters. The van der Waals surface area contributed by atoms with Gasteiger partial charge in [0.25, 0.3) is 0 Å². The average molecular weight is 491 g/mol. The molecule has 1 aliphatic heterocycles. The first-order valence-corrected chi connectivity index (χ1v) is 9.42. The molecule has 0 fully saturated rings. The Morgan fingerprint density at radius 2 is 2.11 bits per heavy atom. The van der Waals surface area contributed by atoms with Gasteiger partial charge >= 0.3 is 0 Å². The van der Waals surface area contributed by atoms with E-state index in [4.69, 9.17) is 14.2 Å². The third-order valence-corrected chi connectivity index (χ3v) is 4.18. The maximum Gasteiger partial charge on any atom is 0.191 e. The Hall–Kier alpha value is -1.22. The summed E-state index contributed by atoms with van der Waals surface area (Å²) in [6, 6.07) is 4.15. The minimum Gasteiger partial charge on any atom is -0.496 e. The van der Waals surface area contributed by atoms with Gasteiger partial charge in [-0.25, -0.2) is 0 Å². The van der Waals surface area contributed by atoms with Crippen LogP contribution in [0.2, 0.25) is 0 Å². The van der Waals surface area contributed by atoms with Gasteiger partial charge in [0.05, 0.1) is 7.11 Å². The highest BCUT2D eigenvalue weighted by Gasteiger charge is 2.21. The molecule has 0 amide bonds. The van der Waals surface area contributed by atoms with Crippen LogP contribution in [-0.4, -0.2) is 46.0 Å². The summed E-state index contributed by atoms with van der Waals surface area (Å²) in [5.74, 6) is 3.18. The van der Waals surface area contributed by atoms with Crippen LogP contribution < -0.4 is 20.1 Å². The van der Waals surface area contributed by atoms with Crippen molar-refractivity contribution < 1.29 is 14.2 Å². The molecule has 2 rings (SSSR count). The van der Waals surface area contributed by atoms with Crippen molar-refractivity contribution in [1.29, 1.82) is 0 Å². The maximum absolute atomic E-state index is 5.86. The van der Waals surface area contributed by atoms with Gasteiger partial charge in [-0.3, -0.25) is 4.99 Å². The van der Waals surface area contributed by atoms with Gasteiger partial charge in [0.1, 0.15) is 17.6 Å². The first kappa shape index (κ1) is 23.8. The van der Waals surface area contributed by atoms with Crippen LogP contribution in [0, 0.1) is 5.92 Å². The Labute approximate surface area is 180 Å². The summed E-state index contributed by atoms with van der Waals surface area (Å²) in [5.41, 5.74) is 2.27. The lowest BCUT2D eigenvalue weighted by molar-refractivity contribution is 0.108. The van der Waals surface area contributed by atoms with Crippen LogP contribution in [0.25, 0.3) is 0 Å². The summed E-state index contributed by atoms with van der Waals surface area (Å²) >= 11 is 0. The smallest absolute Gasteiger partial charge is 0.191 e. The number of nitrogens with one attached hydrogen (secondary N) is 2. The quantitative estimate of drug-likeness (QED) is 0.240. The fourth-order valence-electron chi connectivity index (χ4n) is 2.91. The largest absolute Gasteiger partial charge is 0.496 e. The van der Waals surface area contributed by atoms with E-state index in [-0.39, 0.29) is 30.1 Å². The summed E-state index contributed by atoms with van der Waals surface area (Å²) in [6.45, 7) is 9.41. The van der Waals surface area contributed by atoms with E-state index in [1.807, 2.05) is 0 Å². The van der Waals surface area contributed by atoms with Crippen LogP contribution in [0.4, 0.5) is 0 Å². The summed E-state index contributed by atoms with van der Waals surface area (Å²) < 4.78 is 17.0. The van der Waals surface area contributed by atoms with Crippen molar-refractivity contribution in [2.45, 2.75) is 46.3 Å². The molecule has 1 aromatic rings. The summed E-state index contributed by atoms with van der Waals surface area (Å²) in [5, 5.41) is 6.65. The van der Waals surface area contributed by atoms with Crippen molar-refractivity contribution >= 4 is 29.9 Å². The molecule has 0 saturated heterocycles. The highest BCUT2D eigenvalue weighted by Crippen LogP contribution is 2.34. The molecule has 1 heterocycles. The minimum absolute atomic E-state index is 0. The molecule has 0 aromatic heterocycles. The molecule has 1 aromatic carbocycles. The monoisotopic (exact) mass is 491 g/mol. The standard InChI is InChI=1S/C20H33N3O3.HI/c1-14(2)13-25-8-6-7-22-20(21-4)23-12-17-11-19-16(9-15(3)26-19)10-18(17)24-5;/h10-11,14-15H,6-9,12-13H2,1-5H3,(H2,21,22,23);1H. The molecule has 0 saturated carbocycles. The zero-order valence-corrected chi connectivity index (χ0v) is 19.5. The first-order chi connectivity index (χ1) is 12.5. The van der Waals surface area contributed by atoms with Gasteiger partial charge in [-0.05, 0) is 31.4 Å². The topological polar surface area (TPSA) is 64.1 Å². The molecular weight excluding hydrogens is 457 g/mol. The number of methoxy groups -OCH3 is 1. The SMILES string of the molecule is CN=C(NCCCOCC(C)C)NCc1cc2c(cc1OC)CC(C)O2.I. The van der Waals surface area contributed by atoms with Crippen LogP contribution in [0.5, 0.6) is 11.5 Å². The highest BCUT2D eigenvalue weighted by atomic mass is 127. The number of guanidine groups is 1. The molecule has 0 aliphatic carbocycles. The number of rotatable bonds is 9. The van der Waals surface area contributed by atoms with Gasteiger partial charge in [-0.15, -0.1) is 24.0 Å². The number of ether oxygens (including phenoxy) is 3. The van der Waals surface area contributed by atoms with E-state index in [0.717, 1.165) is 55.6 Å². The van der Waals surface area contributed by atoms with Gasteiger partial charge in [-0.2, -0.15) is 0 Å². The van der Waals surface area contributed by atoms with Gasteiger partial charge in [0, 0.05) is 50.9 Å². The molecule has 0 radical (unpaired) electrons. The van der Waals surface area contributed by atoms with E-state index in [2.05, 4.69) is 48.5 Å². The first-order valence-electron chi connectivity index (χ1n) is 9.42. The van der Waals surface area contributed by atoms with Gasteiger partial charge in [-0.1, -0.05) is 13.8 Å². The van der Waals surface area contributed by atoms with E-state index in [1.165, 1.54) is 5.56 Å². The second-order valence-corrected chi connectivity index (χ2v) is 7.08. The second-order valence-electron chi connectivity index (χ2n) is 7.08. The Morgan fingerprint density at radius 3 is 2.78 bits per heavy atom. The zero-order valence-electron chi connectivity index (χ0n) is 17.1. The third-order valence-electron chi connectivity index (χ3n) is 4.18. The predicted molar refractivity (Wildman–Crippen MR) is 121 cm³/mol. The predicted octanol–water partition coefficient (Wildman–Crippen LogP) is 3.36. The van der Waals surface area contributed by atoms with Crippen molar-refractivity contribution in [1.82, 2.24) is 10.6 Å². The number of aliphatic imine (C=N–C) groups is 1. The number of halogens is 1. The van der Waals surface area contributed by atoms with E-state index in [9.17, 15) is 0 Å². The van der Waals surface area contributed by atoms with Gasteiger partial charge < -0.3 is 24.8 Å². The number of benzene rings is 1. The fraction of sp³-hybridized carbons (Fsp3) is 0.650. The van der Waals surface area contributed by atoms with Crippen molar-refractivity contribution in [3.63, 3.8) is 0 Å². The highest BCUT2D eigenvalue weighted by molar-refractivity contribution is 14.0. The molecule has 154 valence electrons. The lowest BCUT2D eigenvalue weighted by Crippen LogP contribution is -2.37.